The van der Waals surface area contributed by atoms with Gasteiger partial charge >= 0.3 is 6.03 Å². The monoisotopic (exact) mass is 409 g/mol. The highest BCUT2D eigenvalue weighted by molar-refractivity contribution is 9.10. The largest absolute Gasteiger partial charge is 0.386 e. The van der Waals surface area contributed by atoms with Crippen LogP contribution in [-0.2, 0) is 10.2 Å². The summed E-state index contributed by atoms with van der Waals surface area (Å²) >= 11 is 3.45. The normalized spacial score (nSPS) is 18.8. The molecule has 2 amide bonds. The fourth-order valence-corrected chi connectivity index (χ4v) is 3.28. The maximum Gasteiger partial charge on any atom is 0.342 e. The molecule has 138 valence electrons. The molecule has 1 saturated heterocycles. The van der Waals surface area contributed by atoms with Gasteiger partial charge in [-0.15, -0.1) is 0 Å². The van der Waals surface area contributed by atoms with Crippen molar-refractivity contribution < 1.29 is 9.53 Å². The van der Waals surface area contributed by atoms with Gasteiger partial charge in [-0.3, -0.25) is 0 Å². The molecule has 1 aromatic rings. The second-order valence-electron chi connectivity index (χ2n) is 7.10. The lowest BCUT2D eigenvalue weighted by Gasteiger charge is -2.33. The number of benzene rings is 1. The lowest BCUT2D eigenvalue weighted by Crippen LogP contribution is -2.44. The molecule has 5 nitrogen and oxygen atoms in total. The molecule has 1 heterocycles. The second-order valence-corrected chi connectivity index (χ2v) is 8.02. The third kappa shape index (κ3) is 5.05. The molecular formula is C19H28BrN3O2. The Morgan fingerprint density at radius 3 is 2.52 bits per heavy atom. The van der Waals surface area contributed by atoms with Gasteiger partial charge in [-0.05, 0) is 49.3 Å². The minimum atomic E-state index is -0.503. The van der Waals surface area contributed by atoms with Crippen LogP contribution in [0.2, 0.25) is 0 Å². The summed E-state index contributed by atoms with van der Waals surface area (Å²) in [5, 5.41) is 2.89. The summed E-state index contributed by atoms with van der Waals surface area (Å²) in [6, 6.07) is 7.63. The van der Waals surface area contributed by atoms with E-state index in [1.165, 1.54) is 0 Å². The Morgan fingerprint density at radius 2 is 1.96 bits per heavy atom. The molecular weight excluding hydrogens is 382 g/mol. The van der Waals surface area contributed by atoms with Gasteiger partial charge in [0.25, 0.3) is 0 Å². The molecule has 25 heavy (non-hydrogen) atoms. The lowest BCUT2D eigenvalue weighted by molar-refractivity contribution is 0.0670. The third-order valence-corrected chi connectivity index (χ3v) is 5.76. The number of nitrogens with two attached hydrogens (primary N) is 1. The minimum Gasteiger partial charge on any atom is -0.386 e. The van der Waals surface area contributed by atoms with Crippen molar-refractivity contribution in [2.75, 3.05) is 19.8 Å². The van der Waals surface area contributed by atoms with Crippen molar-refractivity contribution in [3.8, 4) is 0 Å². The molecule has 6 heteroatoms. The van der Waals surface area contributed by atoms with Gasteiger partial charge in [0, 0.05) is 24.2 Å². The molecule has 0 radical (unpaired) electrons. The summed E-state index contributed by atoms with van der Waals surface area (Å²) in [5.74, 6) is 0.993. The number of hydrogen-bond acceptors (Lipinski definition) is 2. The van der Waals surface area contributed by atoms with Crippen LogP contribution in [0, 0.1) is 11.8 Å². The van der Waals surface area contributed by atoms with E-state index in [0.717, 1.165) is 36.1 Å². The van der Waals surface area contributed by atoms with E-state index in [9.17, 15) is 4.79 Å². The molecule has 0 aliphatic carbocycles. The van der Waals surface area contributed by atoms with E-state index in [1.54, 1.807) is 0 Å². The van der Waals surface area contributed by atoms with Crippen LogP contribution >= 0.6 is 15.9 Å². The van der Waals surface area contributed by atoms with Crippen molar-refractivity contribution in [2.24, 2.45) is 22.6 Å². The number of nitrogens with zero attached hydrogens (tertiary/aromatic N) is 1. The van der Waals surface area contributed by atoms with E-state index >= 15 is 0 Å². The van der Waals surface area contributed by atoms with E-state index in [2.05, 4.69) is 40.1 Å². The number of amidine groups is 1. The highest BCUT2D eigenvalue weighted by atomic mass is 79.9. The number of nitrogens with one attached hydrogen (secondary N) is 1. The summed E-state index contributed by atoms with van der Waals surface area (Å²) < 4.78 is 6.34. The Morgan fingerprint density at radius 1 is 1.36 bits per heavy atom. The lowest BCUT2D eigenvalue weighted by atomic mass is 9.72. The molecule has 1 aliphatic rings. The van der Waals surface area contributed by atoms with Crippen molar-refractivity contribution in [3.63, 3.8) is 0 Å². The van der Waals surface area contributed by atoms with Gasteiger partial charge in [-0.2, -0.15) is 4.99 Å². The van der Waals surface area contributed by atoms with Crippen molar-refractivity contribution in [3.05, 3.63) is 34.3 Å². The first kappa shape index (κ1) is 19.9. The molecule has 1 unspecified atom stereocenters. The van der Waals surface area contributed by atoms with Gasteiger partial charge < -0.3 is 15.8 Å². The van der Waals surface area contributed by atoms with E-state index in [1.807, 2.05) is 31.2 Å². The van der Waals surface area contributed by atoms with Crippen LogP contribution in [0.5, 0.6) is 0 Å². The average Bonchev–Trinajstić information content (AvgIpc) is 2.60. The van der Waals surface area contributed by atoms with Crippen LogP contribution in [-0.4, -0.2) is 31.6 Å². The number of aliphatic imine (C=N–C) groups is 1. The summed E-state index contributed by atoms with van der Waals surface area (Å²) in [7, 11) is 0. The number of rotatable bonds is 5. The van der Waals surface area contributed by atoms with Crippen molar-refractivity contribution in [2.45, 2.75) is 39.0 Å². The topological polar surface area (TPSA) is 76.7 Å². The first-order valence-corrected chi connectivity index (χ1v) is 9.59. The van der Waals surface area contributed by atoms with Crippen LogP contribution in [0.25, 0.3) is 0 Å². The van der Waals surface area contributed by atoms with Crippen LogP contribution in [0.4, 0.5) is 4.79 Å². The van der Waals surface area contributed by atoms with E-state index in [4.69, 9.17) is 10.5 Å². The zero-order valence-electron chi connectivity index (χ0n) is 15.2. The maximum atomic E-state index is 12.2. The number of amides is 2. The highest BCUT2D eigenvalue weighted by Crippen LogP contribution is 2.33. The molecule has 0 bridgehead atoms. The number of urea groups is 1. The maximum absolute atomic E-state index is 12.2. The fourth-order valence-electron chi connectivity index (χ4n) is 3.02. The Hall–Kier alpha value is -1.40. The van der Waals surface area contributed by atoms with Crippen LogP contribution in [0.1, 0.15) is 39.2 Å². The Kier molecular flexibility index (Phi) is 7.02. The highest BCUT2D eigenvalue weighted by Gasteiger charge is 2.35. The van der Waals surface area contributed by atoms with E-state index < -0.39 is 5.41 Å². The molecule has 0 aromatic heterocycles. The number of hydrogen-bond donors (Lipinski definition) is 2. The summed E-state index contributed by atoms with van der Waals surface area (Å²) in [4.78, 5) is 16.4. The quantitative estimate of drug-likeness (QED) is 0.572. The molecule has 2 rings (SSSR count). The molecule has 1 fully saturated rings. The zero-order valence-corrected chi connectivity index (χ0v) is 16.8. The molecule has 3 N–H and O–H groups in total. The summed E-state index contributed by atoms with van der Waals surface area (Å²) in [6.45, 7) is 8.36. The summed E-state index contributed by atoms with van der Waals surface area (Å²) in [5.41, 5.74) is 6.83. The van der Waals surface area contributed by atoms with Gasteiger partial charge in [0.15, 0.2) is 0 Å². The van der Waals surface area contributed by atoms with Crippen LogP contribution in [0.15, 0.2) is 33.7 Å². The molecule has 1 atom stereocenters. The predicted octanol–water partition coefficient (Wildman–Crippen LogP) is 3.86. The number of carbonyl (C=O) groups is 1. The average molecular weight is 410 g/mol. The van der Waals surface area contributed by atoms with E-state index in [-0.39, 0.29) is 11.9 Å². The van der Waals surface area contributed by atoms with Crippen LogP contribution in [0.3, 0.4) is 0 Å². The second kappa shape index (κ2) is 8.81. The molecule has 1 aromatic carbocycles. The fraction of sp³-hybridized carbons (Fsp3) is 0.579. The van der Waals surface area contributed by atoms with Gasteiger partial charge in [0.05, 0.1) is 5.41 Å². The minimum absolute atomic E-state index is 0.195. The van der Waals surface area contributed by atoms with Crippen LogP contribution < -0.4 is 11.1 Å². The summed E-state index contributed by atoms with van der Waals surface area (Å²) in [6.07, 6.45) is 1.95. The first-order chi connectivity index (χ1) is 11.8. The van der Waals surface area contributed by atoms with Gasteiger partial charge in [0.1, 0.15) is 5.84 Å². The Labute approximate surface area is 158 Å². The predicted molar refractivity (Wildman–Crippen MR) is 105 cm³/mol. The van der Waals surface area contributed by atoms with Crippen molar-refractivity contribution >= 4 is 27.8 Å². The number of halogens is 1. The van der Waals surface area contributed by atoms with Gasteiger partial charge in [0.2, 0.25) is 0 Å². The first-order valence-electron chi connectivity index (χ1n) is 8.80. The molecule has 0 spiro atoms. The van der Waals surface area contributed by atoms with Crippen molar-refractivity contribution in [1.29, 1.82) is 0 Å². The molecule has 0 saturated carbocycles. The standard InChI is InChI=1S/C19H28BrN3O2/c1-13(2)19(3,15-4-6-16(20)7-5-15)17(21)23-18(24)22-12-14-8-10-25-11-9-14/h4-7,13-14H,8-12H2,1-3H3,(H3,21,22,23,24). The number of carbonyl (C=O) groups excluding carboxylic acids is 1. The molecule has 1 aliphatic heterocycles. The smallest absolute Gasteiger partial charge is 0.342 e. The Balaban J connectivity index is 2.09. The van der Waals surface area contributed by atoms with E-state index in [0.29, 0.717) is 18.3 Å². The SMILES string of the molecule is CC(C)C(C)(C(N)=NC(=O)NCC1CCOCC1)c1ccc(Br)cc1. The van der Waals surface area contributed by atoms with Gasteiger partial charge in [-0.25, -0.2) is 4.79 Å². The Bertz CT molecular complexity index is 610. The third-order valence-electron chi connectivity index (χ3n) is 5.24. The van der Waals surface area contributed by atoms with Gasteiger partial charge in [-0.1, -0.05) is 41.9 Å². The van der Waals surface area contributed by atoms with Crippen molar-refractivity contribution in [1.82, 2.24) is 5.32 Å². The number of ether oxygens (including phenoxy) is 1. The zero-order chi connectivity index (χ0) is 18.4.